The van der Waals surface area contributed by atoms with E-state index in [1.807, 2.05) is 30.5 Å². The van der Waals surface area contributed by atoms with Crippen molar-refractivity contribution in [3.63, 3.8) is 0 Å². The number of aliphatic hydroxyl groups is 1. The largest absolute Gasteiger partial charge is 0.389 e. The number of rotatable bonds is 7. The fraction of sp³-hybridized carbons (Fsp3) is 0.562. The number of hydrogen-bond acceptors (Lipinski definition) is 6. The molecule has 3 heterocycles. The van der Waals surface area contributed by atoms with Crippen LogP contribution in [0.5, 0.6) is 0 Å². The summed E-state index contributed by atoms with van der Waals surface area (Å²) in [5.41, 5.74) is 0.904. The summed E-state index contributed by atoms with van der Waals surface area (Å²) in [7, 11) is 0. The maximum atomic E-state index is 10.2. The summed E-state index contributed by atoms with van der Waals surface area (Å²) in [5.74, 6) is 0.904. The monoisotopic (exact) mass is 322 g/mol. The number of hydrogen-bond donors (Lipinski definition) is 1. The zero-order valence-corrected chi connectivity index (χ0v) is 13.6. The number of likely N-dealkylation sites (tertiary alicyclic amines) is 1. The Morgan fingerprint density at radius 2 is 2.50 bits per heavy atom. The van der Waals surface area contributed by atoms with E-state index in [2.05, 4.69) is 10.1 Å². The molecule has 1 fully saturated rings. The van der Waals surface area contributed by atoms with Crippen LogP contribution in [-0.4, -0.2) is 41.0 Å². The quantitative estimate of drug-likeness (QED) is 0.849. The van der Waals surface area contributed by atoms with Crippen LogP contribution in [0.2, 0.25) is 0 Å². The third-order valence-corrected chi connectivity index (χ3v) is 4.77. The first-order valence-corrected chi connectivity index (χ1v) is 8.56. The van der Waals surface area contributed by atoms with Crippen LogP contribution < -0.4 is 0 Å². The number of nitrogens with zero attached hydrogens (tertiary/aromatic N) is 2. The fourth-order valence-corrected chi connectivity index (χ4v) is 3.56. The predicted molar refractivity (Wildman–Crippen MR) is 84.8 cm³/mol. The Labute approximate surface area is 134 Å². The van der Waals surface area contributed by atoms with E-state index >= 15 is 0 Å². The minimum absolute atomic E-state index is 0.230. The molecule has 5 nitrogen and oxygen atoms in total. The summed E-state index contributed by atoms with van der Waals surface area (Å²) in [6, 6.07) is 6.27. The summed E-state index contributed by atoms with van der Waals surface area (Å²) in [6.07, 6.45) is 1.69. The van der Waals surface area contributed by atoms with Crippen LogP contribution in [0.25, 0.3) is 0 Å². The molecule has 0 bridgehead atoms. The van der Waals surface area contributed by atoms with Gasteiger partial charge in [0.05, 0.1) is 31.1 Å². The smallest absolute Gasteiger partial charge is 0.154 e. The SMILES string of the molecule is Cc1cc([C@H]2CCCN2C[C@@H](O)COCc2cccs2)on1. The molecule has 0 radical (unpaired) electrons. The van der Waals surface area contributed by atoms with Crippen LogP contribution in [-0.2, 0) is 11.3 Å². The summed E-state index contributed by atoms with van der Waals surface area (Å²) in [5, 5.41) is 16.2. The highest BCUT2D eigenvalue weighted by Gasteiger charge is 2.30. The number of aliphatic hydroxyl groups excluding tert-OH is 1. The number of aromatic nitrogens is 1. The predicted octanol–water partition coefficient (Wildman–Crippen LogP) is 2.76. The molecule has 2 aromatic heterocycles. The molecule has 22 heavy (non-hydrogen) atoms. The maximum Gasteiger partial charge on any atom is 0.154 e. The Morgan fingerprint density at radius 3 is 3.23 bits per heavy atom. The standard InChI is InChI=1S/C16H22N2O3S/c1-12-8-16(21-17-12)15-5-2-6-18(15)9-13(19)10-20-11-14-4-3-7-22-14/h3-4,7-8,13,15,19H,2,5-6,9-11H2,1H3/t13-,15-/m1/s1. The molecule has 0 saturated carbocycles. The summed E-state index contributed by atoms with van der Waals surface area (Å²) < 4.78 is 11.0. The normalized spacial score (nSPS) is 20.5. The molecule has 2 atom stereocenters. The minimum atomic E-state index is -0.482. The van der Waals surface area contributed by atoms with Gasteiger partial charge in [0.15, 0.2) is 5.76 Å². The van der Waals surface area contributed by atoms with Crippen molar-refractivity contribution in [2.75, 3.05) is 19.7 Å². The Morgan fingerprint density at radius 1 is 1.59 bits per heavy atom. The van der Waals surface area contributed by atoms with Crippen molar-refractivity contribution in [3.05, 3.63) is 39.9 Å². The van der Waals surface area contributed by atoms with E-state index in [1.54, 1.807) is 11.3 Å². The molecule has 1 aliphatic rings. The molecule has 3 rings (SSSR count). The van der Waals surface area contributed by atoms with Crippen LogP contribution in [0.1, 0.15) is 35.2 Å². The molecule has 0 spiro atoms. The fourth-order valence-electron chi connectivity index (χ4n) is 2.92. The molecular weight excluding hydrogens is 300 g/mol. The minimum Gasteiger partial charge on any atom is -0.389 e. The van der Waals surface area contributed by atoms with E-state index < -0.39 is 6.10 Å². The summed E-state index contributed by atoms with van der Waals surface area (Å²) in [4.78, 5) is 3.45. The van der Waals surface area contributed by atoms with Gasteiger partial charge in [-0.15, -0.1) is 11.3 Å². The van der Waals surface area contributed by atoms with Crippen molar-refractivity contribution in [2.45, 2.75) is 38.5 Å². The highest BCUT2D eigenvalue weighted by Crippen LogP contribution is 2.32. The molecule has 1 aliphatic heterocycles. The lowest BCUT2D eigenvalue weighted by Crippen LogP contribution is -2.34. The van der Waals surface area contributed by atoms with Crippen molar-refractivity contribution in [3.8, 4) is 0 Å². The van der Waals surface area contributed by atoms with E-state index in [0.29, 0.717) is 19.8 Å². The topological polar surface area (TPSA) is 58.7 Å². The molecular formula is C16H22N2O3S. The Hall–Kier alpha value is -1.21. The van der Waals surface area contributed by atoms with E-state index in [-0.39, 0.29) is 6.04 Å². The van der Waals surface area contributed by atoms with Gasteiger partial charge < -0.3 is 14.4 Å². The lowest BCUT2D eigenvalue weighted by Gasteiger charge is -2.24. The van der Waals surface area contributed by atoms with Crippen LogP contribution in [0.4, 0.5) is 0 Å². The zero-order chi connectivity index (χ0) is 15.4. The molecule has 120 valence electrons. The van der Waals surface area contributed by atoms with Crippen molar-refractivity contribution in [1.82, 2.24) is 10.1 Å². The molecule has 0 aromatic carbocycles. The Balaban J connectivity index is 1.46. The van der Waals surface area contributed by atoms with Gasteiger partial charge in [0.2, 0.25) is 0 Å². The number of aryl methyl sites for hydroxylation is 1. The van der Waals surface area contributed by atoms with Gasteiger partial charge in [-0.3, -0.25) is 4.90 Å². The number of thiophene rings is 1. The molecule has 2 aromatic rings. The molecule has 0 aliphatic carbocycles. The van der Waals surface area contributed by atoms with E-state index in [4.69, 9.17) is 9.26 Å². The Kier molecular flexibility index (Phi) is 5.25. The second kappa shape index (κ2) is 7.37. The van der Waals surface area contributed by atoms with Crippen LogP contribution >= 0.6 is 11.3 Å². The van der Waals surface area contributed by atoms with Gasteiger partial charge in [-0.2, -0.15) is 0 Å². The van der Waals surface area contributed by atoms with Crippen LogP contribution in [0.15, 0.2) is 28.1 Å². The first-order chi connectivity index (χ1) is 10.7. The molecule has 0 amide bonds. The van der Waals surface area contributed by atoms with Gasteiger partial charge in [-0.1, -0.05) is 11.2 Å². The van der Waals surface area contributed by atoms with Gasteiger partial charge in [-0.25, -0.2) is 0 Å². The van der Waals surface area contributed by atoms with Gasteiger partial charge in [0.1, 0.15) is 0 Å². The first kappa shape index (κ1) is 15.7. The molecule has 0 unspecified atom stereocenters. The second-order valence-corrected chi connectivity index (χ2v) is 6.80. The average molecular weight is 322 g/mol. The van der Waals surface area contributed by atoms with Gasteiger partial charge in [-0.05, 0) is 37.8 Å². The average Bonchev–Trinajstić information content (AvgIpc) is 3.20. The highest BCUT2D eigenvalue weighted by molar-refractivity contribution is 7.09. The highest BCUT2D eigenvalue weighted by atomic mass is 32.1. The molecule has 6 heteroatoms. The van der Waals surface area contributed by atoms with Crippen molar-refractivity contribution in [1.29, 1.82) is 0 Å². The Bertz CT molecular complexity index is 570. The second-order valence-electron chi connectivity index (χ2n) is 5.77. The van der Waals surface area contributed by atoms with Gasteiger partial charge in [0, 0.05) is 17.5 Å². The zero-order valence-electron chi connectivity index (χ0n) is 12.8. The molecule has 1 N–H and O–H groups in total. The lowest BCUT2D eigenvalue weighted by molar-refractivity contribution is 0.00687. The first-order valence-electron chi connectivity index (χ1n) is 7.68. The maximum absolute atomic E-state index is 10.2. The number of β-amino-alcohol motifs (C(OH)–C–C–N with tert-alkyl or cyclic N) is 1. The van der Waals surface area contributed by atoms with Crippen LogP contribution in [0, 0.1) is 6.92 Å². The van der Waals surface area contributed by atoms with Crippen LogP contribution in [0.3, 0.4) is 0 Å². The third kappa shape index (κ3) is 3.95. The lowest BCUT2D eigenvalue weighted by atomic mass is 10.1. The van der Waals surface area contributed by atoms with E-state index in [0.717, 1.165) is 30.8 Å². The summed E-state index contributed by atoms with van der Waals surface area (Å²) >= 11 is 1.67. The van der Waals surface area contributed by atoms with E-state index in [1.165, 1.54) is 4.88 Å². The van der Waals surface area contributed by atoms with Crippen molar-refractivity contribution < 1.29 is 14.4 Å². The van der Waals surface area contributed by atoms with E-state index in [9.17, 15) is 5.11 Å². The van der Waals surface area contributed by atoms with Crippen molar-refractivity contribution >= 4 is 11.3 Å². The van der Waals surface area contributed by atoms with Crippen molar-refractivity contribution in [2.24, 2.45) is 0 Å². The summed E-state index contributed by atoms with van der Waals surface area (Å²) in [6.45, 7) is 4.44. The van der Waals surface area contributed by atoms with Gasteiger partial charge >= 0.3 is 0 Å². The third-order valence-electron chi connectivity index (χ3n) is 3.92. The van der Waals surface area contributed by atoms with Gasteiger partial charge in [0.25, 0.3) is 0 Å². The molecule has 1 saturated heterocycles. The number of ether oxygens (including phenoxy) is 1.